The van der Waals surface area contributed by atoms with E-state index in [0.29, 0.717) is 11.5 Å². The summed E-state index contributed by atoms with van der Waals surface area (Å²) in [5.74, 6) is 0.459. The van der Waals surface area contributed by atoms with Crippen molar-refractivity contribution in [3.8, 4) is 0 Å². The molecule has 1 saturated carbocycles. The van der Waals surface area contributed by atoms with Crippen molar-refractivity contribution in [1.29, 1.82) is 0 Å². The second-order valence-corrected chi connectivity index (χ2v) is 6.49. The maximum Gasteiger partial charge on any atom is 0.251 e. The Kier molecular flexibility index (Phi) is 5.22. The van der Waals surface area contributed by atoms with Crippen molar-refractivity contribution in [3.05, 3.63) is 35.4 Å². The minimum absolute atomic E-state index is 0.0164. The SMILES string of the molecule is CC1CCCC(CO)(NC(=O)c2ccc(CBr)cc2)C1. The highest BCUT2D eigenvalue weighted by atomic mass is 79.9. The molecular weight excluding hydrogens is 318 g/mol. The fourth-order valence-corrected chi connectivity index (χ4v) is 3.39. The third-order valence-corrected chi connectivity index (χ3v) is 4.79. The van der Waals surface area contributed by atoms with Crippen LogP contribution in [0.15, 0.2) is 24.3 Å². The smallest absolute Gasteiger partial charge is 0.251 e. The monoisotopic (exact) mass is 339 g/mol. The van der Waals surface area contributed by atoms with E-state index in [2.05, 4.69) is 28.2 Å². The number of amides is 1. The highest BCUT2D eigenvalue weighted by Gasteiger charge is 2.35. The van der Waals surface area contributed by atoms with E-state index >= 15 is 0 Å². The van der Waals surface area contributed by atoms with E-state index in [0.717, 1.165) is 30.2 Å². The number of benzene rings is 1. The molecule has 4 heteroatoms. The Morgan fingerprint density at radius 2 is 2.15 bits per heavy atom. The topological polar surface area (TPSA) is 49.3 Å². The molecule has 110 valence electrons. The summed E-state index contributed by atoms with van der Waals surface area (Å²) in [6.07, 6.45) is 3.95. The molecular formula is C16H22BrNO2. The van der Waals surface area contributed by atoms with E-state index in [9.17, 15) is 9.90 Å². The van der Waals surface area contributed by atoms with Crippen LogP contribution in [0.3, 0.4) is 0 Å². The number of aliphatic hydroxyl groups excluding tert-OH is 1. The number of hydrogen-bond acceptors (Lipinski definition) is 2. The van der Waals surface area contributed by atoms with Crippen molar-refractivity contribution in [2.75, 3.05) is 6.61 Å². The van der Waals surface area contributed by atoms with Crippen molar-refractivity contribution in [2.24, 2.45) is 5.92 Å². The number of halogens is 1. The maximum atomic E-state index is 12.3. The number of aliphatic hydroxyl groups is 1. The van der Waals surface area contributed by atoms with E-state index in [4.69, 9.17) is 0 Å². The summed E-state index contributed by atoms with van der Waals surface area (Å²) in [7, 11) is 0. The van der Waals surface area contributed by atoms with Crippen molar-refractivity contribution >= 4 is 21.8 Å². The molecule has 2 unspecified atom stereocenters. The molecule has 20 heavy (non-hydrogen) atoms. The van der Waals surface area contributed by atoms with Gasteiger partial charge in [-0.05, 0) is 36.5 Å². The maximum absolute atomic E-state index is 12.3. The third kappa shape index (κ3) is 3.61. The van der Waals surface area contributed by atoms with Crippen LogP contribution >= 0.6 is 15.9 Å². The molecule has 2 N–H and O–H groups in total. The first kappa shape index (κ1) is 15.5. The number of carbonyl (C=O) groups is 1. The van der Waals surface area contributed by atoms with Crippen molar-refractivity contribution < 1.29 is 9.90 Å². The highest BCUT2D eigenvalue weighted by Crippen LogP contribution is 2.32. The standard InChI is InChI=1S/C16H22BrNO2/c1-12-3-2-8-16(9-12,11-19)18-15(20)14-6-4-13(10-17)5-7-14/h4-7,12,19H,2-3,8-11H2,1H3,(H,18,20). The van der Waals surface area contributed by atoms with Crippen LogP contribution in [0.2, 0.25) is 0 Å². The minimum Gasteiger partial charge on any atom is -0.394 e. The Hall–Kier alpha value is -0.870. The van der Waals surface area contributed by atoms with Crippen LogP contribution in [0, 0.1) is 5.92 Å². The van der Waals surface area contributed by atoms with Gasteiger partial charge in [0.2, 0.25) is 0 Å². The van der Waals surface area contributed by atoms with Gasteiger partial charge in [-0.25, -0.2) is 0 Å². The zero-order chi connectivity index (χ0) is 14.6. The van der Waals surface area contributed by atoms with Crippen molar-refractivity contribution in [3.63, 3.8) is 0 Å². The van der Waals surface area contributed by atoms with Crippen LogP contribution in [0.25, 0.3) is 0 Å². The lowest BCUT2D eigenvalue weighted by atomic mass is 9.76. The Morgan fingerprint density at radius 3 is 2.70 bits per heavy atom. The molecule has 0 heterocycles. The predicted molar refractivity (Wildman–Crippen MR) is 84.0 cm³/mol. The summed E-state index contributed by atoms with van der Waals surface area (Å²) in [6, 6.07) is 7.56. The first-order valence-electron chi connectivity index (χ1n) is 7.17. The molecule has 0 saturated heterocycles. The molecule has 1 aliphatic carbocycles. The van der Waals surface area contributed by atoms with Gasteiger partial charge in [-0.3, -0.25) is 4.79 Å². The molecule has 0 aromatic heterocycles. The summed E-state index contributed by atoms with van der Waals surface area (Å²) in [5, 5.41) is 13.6. The normalized spacial score (nSPS) is 26.2. The van der Waals surface area contributed by atoms with Crippen molar-refractivity contribution in [1.82, 2.24) is 5.32 Å². The van der Waals surface area contributed by atoms with E-state index in [1.54, 1.807) is 0 Å². The van der Waals surface area contributed by atoms with Gasteiger partial charge in [0.05, 0.1) is 12.1 Å². The van der Waals surface area contributed by atoms with Gasteiger partial charge in [0, 0.05) is 10.9 Å². The summed E-state index contributed by atoms with van der Waals surface area (Å²) in [5.41, 5.74) is 1.36. The highest BCUT2D eigenvalue weighted by molar-refractivity contribution is 9.08. The zero-order valence-corrected chi connectivity index (χ0v) is 13.4. The third-order valence-electron chi connectivity index (χ3n) is 4.14. The number of nitrogens with one attached hydrogen (secondary N) is 1. The first-order valence-corrected chi connectivity index (χ1v) is 8.29. The molecule has 0 aliphatic heterocycles. The van der Waals surface area contributed by atoms with Crippen LogP contribution in [-0.4, -0.2) is 23.2 Å². The number of carbonyl (C=O) groups excluding carboxylic acids is 1. The molecule has 0 spiro atoms. The van der Waals surface area contributed by atoms with E-state index < -0.39 is 5.54 Å². The summed E-state index contributed by atoms with van der Waals surface area (Å²) < 4.78 is 0. The fourth-order valence-electron chi connectivity index (χ4n) is 3.01. The van der Waals surface area contributed by atoms with Gasteiger partial charge in [0.15, 0.2) is 0 Å². The Labute approximate surface area is 128 Å². The predicted octanol–water partition coefficient (Wildman–Crippen LogP) is 3.25. The number of alkyl halides is 1. The first-order chi connectivity index (χ1) is 9.58. The van der Waals surface area contributed by atoms with E-state index in [1.165, 1.54) is 6.42 Å². The van der Waals surface area contributed by atoms with Gasteiger partial charge in [0.1, 0.15) is 0 Å². The Morgan fingerprint density at radius 1 is 1.45 bits per heavy atom. The molecule has 0 radical (unpaired) electrons. The molecule has 2 rings (SSSR count). The molecule has 3 nitrogen and oxygen atoms in total. The summed E-state index contributed by atoms with van der Waals surface area (Å²) >= 11 is 3.39. The zero-order valence-electron chi connectivity index (χ0n) is 11.9. The van der Waals surface area contributed by atoms with Crippen molar-refractivity contribution in [2.45, 2.75) is 43.5 Å². The minimum atomic E-state index is -0.442. The summed E-state index contributed by atoms with van der Waals surface area (Å²) in [6.45, 7) is 2.20. The Bertz CT molecular complexity index is 460. The van der Waals surface area contributed by atoms with Gasteiger partial charge in [-0.1, -0.05) is 47.8 Å². The van der Waals surface area contributed by atoms with Crippen LogP contribution in [0.5, 0.6) is 0 Å². The number of hydrogen-bond donors (Lipinski definition) is 2. The lowest BCUT2D eigenvalue weighted by molar-refractivity contribution is 0.0697. The Balaban J connectivity index is 2.08. The lowest BCUT2D eigenvalue weighted by Crippen LogP contribution is -2.53. The molecule has 1 fully saturated rings. The van der Waals surface area contributed by atoms with E-state index in [-0.39, 0.29) is 12.5 Å². The van der Waals surface area contributed by atoms with Crippen LogP contribution in [0.1, 0.15) is 48.5 Å². The van der Waals surface area contributed by atoms with Crippen LogP contribution < -0.4 is 5.32 Å². The average molecular weight is 340 g/mol. The van der Waals surface area contributed by atoms with Gasteiger partial charge < -0.3 is 10.4 Å². The molecule has 1 aromatic carbocycles. The lowest BCUT2D eigenvalue weighted by Gasteiger charge is -2.39. The molecule has 1 aromatic rings. The second-order valence-electron chi connectivity index (χ2n) is 5.92. The molecule has 0 bridgehead atoms. The van der Waals surface area contributed by atoms with Crippen LogP contribution in [-0.2, 0) is 5.33 Å². The molecule has 2 atom stereocenters. The van der Waals surface area contributed by atoms with Gasteiger partial charge in [-0.2, -0.15) is 0 Å². The molecule has 1 amide bonds. The quantitative estimate of drug-likeness (QED) is 0.827. The summed E-state index contributed by atoms with van der Waals surface area (Å²) in [4.78, 5) is 12.3. The fraction of sp³-hybridized carbons (Fsp3) is 0.562. The largest absolute Gasteiger partial charge is 0.394 e. The average Bonchev–Trinajstić information content (AvgIpc) is 2.47. The molecule has 1 aliphatic rings. The number of rotatable bonds is 4. The van der Waals surface area contributed by atoms with Crippen LogP contribution in [0.4, 0.5) is 0 Å². The van der Waals surface area contributed by atoms with Gasteiger partial charge >= 0.3 is 0 Å². The van der Waals surface area contributed by atoms with Gasteiger partial charge in [0.25, 0.3) is 5.91 Å². The van der Waals surface area contributed by atoms with E-state index in [1.807, 2.05) is 24.3 Å². The van der Waals surface area contributed by atoms with Gasteiger partial charge in [-0.15, -0.1) is 0 Å². The second kappa shape index (κ2) is 6.72.